The van der Waals surface area contributed by atoms with Gasteiger partial charge in [-0.15, -0.1) is 0 Å². The second-order valence-corrected chi connectivity index (χ2v) is 7.89. The highest BCUT2D eigenvalue weighted by molar-refractivity contribution is 6.83. The van der Waals surface area contributed by atoms with E-state index in [1.54, 1.807) is 0 Å². The molecule has 0 bridgehead atoms. The van der Waals surface area contributed by atoms with Crippen molar-refractivity contribution >= 4 is 35.5 Å². The minimum absolute atomic E-state index is 0.0952. The zero-order valence-electron chi connectivity index (χ0n) is 17.5. The Morgan fingerprint density at radius 3 is 2.52 bits per heavy atom. The Labute approximate surface area is 171 Å². The van der Waals surface area contributed by atoms with Gasteiger partial charge in [0.05, 0.1) is 7.05 Å². The van der Waals surface area contributed by atoms with Gasteiger partial charge >= 0.3 is 6.85 Å². The van der Waals surface area contributed by atoms with Gasteiger partial charge in [0, 0.05) is 23.6 Å². The van der Waals surface area contributed by atoms with Crippen LogP contribution in [0.4, 0.5) is 5.88 Å². The molecule has 0 fully saturated rings. The van der Waals surface area contributed by atoms with Crippen LogP contribution in [0.2, 0.25) is 0 Å². The number of hydrogen-bond donors (Lipinski definition) is 0. The van der Waals surface area contributed by atoms with Crippen LogP contribution >= 0.6 is 0 Å². The van der Waals surface area contributed by atoms with Crippen LogP contribution < -0.4 is 15.0 Å². The molecule has 0 atom stereocenters. The number of rotatable bonds is 2. The zero-order chi connectivity index (χ0) is 20.3. The largest absolute Gasteiger partial charge is 0.423 e. The molecule has 0 saturated carbocycles. The molecule has 3 aromatic heterocycles. The smallest absolute Gasteiger partial charge is 0.373 e. The minimum atomic E-state index is 0.0952. The first-order valence-corrected chi connectivity index (χ1v) is 9.90. The third-order valence-electron chi connectivity index (χ3n) is 6.02. The molecule has 0 spiro atoms. The number of aryl methyl sites for hydroxylation is 1. The Morgan fingerprint density at radius 1 is 1.00 bits per heavy atom. The molecule has 0 radical (unpaired) electrons. The number of aromatic nitrogens is 3. The van der Waals surface area contributed by atoms with Gasteiger partial charge in [-0.2, -0.15) is 0 Å². The lowest BCUT2D eigenvalue weighted by Crippen LogP contribution is -2.51. The Balaban J connectivity index is 1.65. The van der Waals surface area contributed by atoms with Crippen molar-refractivity contribution < 1.29 is 8.98 Å². The van der Waals surface area contributed by atoms with E-state index in [4.69, 9.17) is 4.42 Å². The zero-order valence-corrected chi connectivity index (χ0v) is 17.5. The summed E-state index contributed by atoms with van der Waals surface area (Å²) in [6, 6.07) is 14.6. The van der Waals surface area contributed by atoms with Gasteiger partial charge in [-0.05, 0) is 45.2 Å². The number of benzene rings is 1. The first-order valence-electron chi connectivity index (χ1n) is 9.90. The van der Waals surface area contributed by atoms with E-state index in [9.17, 15) is 0 Å². The van der Waals surface area contributed by atoms with Crippen molar-refractivity contribution in [2.24, 2.45) is 7.05 Å². The number of nitrogens with zero attached hydrogens (tertiary/aromatic N) is 4. The second-order valence-electron chi connectivity index (χ2n) is 7.89. The van der Waals surface area contributed by atoms with Crippen LogP contribution in [0.5, 0.6) is 0 Å². The summed E-state index contributed by atoms with van der Waals surface area (Å²) < 4.78 is 10.7. The van der Waals surface area contributed by atoms with Gasteiger partial charge in [-0.1, -0.05) is 29.7 Å². The summed E-state index contributed by atoms with van der Waals surface area (Å²) in [6.45, 7) is 6.43. The number of anilines is 1. The van der Waals surface area contributed by atoms with Crippen LogP contribution in [0.3, 0.4) is 0 Å². The maximum absolute atomic E-state index is 6.20. The number of imidazole rings is 1. The fraction of sp³-hybridized carbons (Fsp3) is 0.217. The summed E-state index contributed by atoms with van der Waals surface area (Å²) in [6.07, 6.45) is 4.48. The van der Waals surface area contributed by atoms with Crippen molar-refractivity contribution in [3.63, 3.8) is 0 Å². The summed E-state index contributed by atoms with van der Waals surface area (Å²) in [5, 5.41) is 1.07. The summed E-state index contributed by atoms with van der Waals surface area (Å²) in [4.78, 5) is 6.81. The maximum atomic E-state index is 6.20. The van der Waals surface area contributed by atoms with Crippen LogP contribution in [0.1, 0.15) is 24.0 Å². The van der Waals surface area contributed by atoms with Crippen molar-refractivity contribution in [1.82, 2.24) is 9.55 Å². The molecule has 0 saturated heterocycles. The van der Waals surface area contributed by atoms with Crippen molar-refractivity contribution in [3.8, 4) is 5.69 Å². The second kappa shape index (κ2) is 6.37. The lowest BCUT2D eigenvalue weighted by atomic mass is 9.50. The molecule has 0 N–H and O–H groups in total. The molecule has 6 heteroatoms. The molecule has 0 aliphatic carbocycles. The quantitative estimate of drug-likeness (QED) is 0.394. The fourth-order valence-corrected chi connectivity index (χ4v) is 4.40. The van der Waals surface area contributed by atoms with Crippen molar-refractivity contribution in [2.45, 2.75) is 20.8 Å². The van der Waals surface area contributed by atoms with Crippen LogP contribution in [-0.4, -0.2) is 23.4 Å². The molecule has 5 nitrogen and oxygen atoms in total. The highest BCUT2D eigenvalue weighted by Crippen LogP contribution is 2.37. The van der Waals surface area contributed by atoms with E-state index in [1.165, 1.54) is 16.9 Å². The highest BCUT2D eigenvalue weighted by atomic mass is 16.4. The molecule has 0 amide bonds. The van der Waals surface area contributed by atoms with E-state index in [0.717, 1.165) is 28.2 Å². The van der Waals surface area contributed by atoms with E-state index in [0.29, 0.717) is 5.71 Å². The van der Waals surface area contributed by atoms with E-state index >= 15 is 0 Å². The van der Waals surface area contributed by atoms with Gasteiger partial charge in [-0.3, -0.25) is 0 Å². The standard InChI is InChI=1S/C23H24BN4O/c1-15-13-20-19-12-11-16(2)25-22(19)29-23(20)27(5)24(15)21-14-28(17(3)26(21)4)18-9-7-6-8-10-18/h6-14H,1-5H3/q+1. The normalized spacial score (nSPS) is 13.8. The minimum Gasteiger partial charge on any atom is -0.423 e. The van der Waals surface area contributed by atoms with Crippen molar-refractivity contribution in [3.05, 3.63) is 71.2 Å². The molecular weight excluding hydrogens is 359 g/mol. The molecule has 4 aromatic rings. The van der Waals surface area contributed by atoms with E-state index in [-0.39, 0.29) is 6.85 Å². The molecular formula is C23H24BN4O+. The van der Waals surface area contributed by atoms with Crippen LogP contribution in [0.25, 0.3) is 22.9 Å². The number of furan rings is 1. The third-order valence-corrected chi connectivity index (χ3v) is 6.02. The third kappa shape index (κ3) is 2.63. The van der Waals surface area contributed by atoms with Crippen molar-refractivity contribution in [1.29, 1.82) is 0 Å². The summed E-state index contributed by atoms with van der Waals surface area (Å²) >= 11 is 0. The molecule has 144 valence electrons. The highest BCUT2D eigenvalue weighted by Gasteiger charge is 2.39. The van der Waals surface area contributed by atoms with E-state index in [1.807, 2.05) is 19.1 Å². The molecule has 5 rings (SSSR count). The Kier molecular flexibility index (Phi) is 3.91. The molecule has 1 aliphatic rings. The maximum Gasteiger partial charge on any atom is 0.373 e. The fourth-order valence-electron chi connectivity index (χ4n) is 4.40. The van der Waals surface area contributed by atoms with Gasteiger partial charge < -0.3 is 9.23 Å². The number of allylic oxidation sites excluding steroid dienone is 1. The number of para-hydroxylation sites is 1. The topological polar surface area (TPSA) is 38.1 Å². The van der Waals surface area contributed by atoms with Gasteiger partial charge in [0.1, 0.15) is 17.5 Å². The van der Waals surface area contributed by atoms with E-state index in [2.05, 4.69) is 89.5 Å². The molecule has 4 heterocycles. The predicted octanol–water partition coefficient (Wildman–Crippen LogP) is 3.35. The Hall–Kier alpha value is -3.28. The Bertz CT molecular complexity index is 1270. The summed E-state index contributed by atoms with van der Waals surface area (Å²) in [5.41, 5.74) is 6.45. The number of hydrogen-bond acceptors (Lipinski definition) is 3. The van der Waals surface area contributed by atoms with Gasteiger partial charge in [0.2, 0.25) is 5.71 Å². The number of pyridine rings is 1. The average molecular weight is 383 g/mol. The van der Waals surface area contributed by atoms with Crippen LogP contribution in [0, 0.1) is 13.8 Å². The van der Waals surface area contributed by atoms with Crippen molar-refractivity contribution in [2.75, 3.05) is 11.9 Å². The lowest BCUT2D eigenvalue weighted by molar-refractivity contribution is -0.601. The molecule has 29 heavy (non-hydrogen) atoms. The number of fused-ring (bicyclic) bond motifs is 3. The van der Waals surface area contributed by atoms with Crippen LogP contribution in [0.15, 0.2) is 58.6 Å². The molecule has 1 aliphatic heterocycles. The first-order chi connectivity index (χ1) is 14.0. The molecule has 0 unspecified atom stereocenters. The predicted molar refractivity (Wildman–Crippen MR) is 118 cm³/mol. The lowest BCUT2D eigenvalue weighted by Gasteiger charge is -2.28. The summed E-state index contributed by atoms with van der Waals surface area (Å²) in [7, 11) is 4.23. The average Bonchev–Trinajstić information content (AvgIpc) is 3.21. The first kappa shape index (κ1) is 17.8. The van der Waals surface area contributed by atoms with Gasteiger partial charge in [-0.25, -0.2) is 14.1 Å². The van der Waals surface area contributed by atoms with E-state index < -0.39 is 0 Å². The molecule has 1 aromatic carbocycles. The Morgan fingerprint density at radius 2 is 1.76 bits per heavy atom. The summed E-state index contributed by atoms with van der Waals surface area (Å²) in [5.74, 6) is 2.05. The van der Waals surface area contributed by atoms with Crippen LogP contribution in [-0.2, 0) is 7.05 Å². The monoisotopic (exact) mass is 383 g/mol. The SMILES string of the molecule is CC1=Cc2c(oc3nc(C)ccc23)N(C)B1c1c[n+](-c2ccccc2)c(C)n1C. The van der Waals surface area contributed by atoms with Gasteiger partial charge in [0.15, 0.2) is 5.88 Å². The van der Waals surface area contributed by atoms with Gasteiger partial charge in [0.25, 0.3) is 5.82 Å².